The second-order valence-electron chi connectivity index (χ2n) is 5.38. The van der Waals surface area contributed by atoms with Crippen molar-refractivity contribution in [3.8, 4) is 0 Å². The van der Waals surface area contributed by atoms with Gasteiger partial charge in [-0.25, -0.2) is 0 Å². The third-order valence-electron chi connectivity index (χ3n) is 3.64. The van der Waals surface area contributed by atoms with Gasteiger partial charge in [-0.2, -0.15) is 0 Å². The molecule has 0 bridgehead atoms. The predicted molar refractivity (Wildman–Crippen MR) is 62.7 cm³/mol. The van der Waals surface area contributed by atoms with Gasteiger partial charge in [0.2, 0.25) is 0 Å². The van der Waals surface area contributed by atoms with Crippen LogP contribution in [0.1, 0.15) is 45.2 Å². The SMILES string of the molecule is CCC1(C(C)(C)C)OCc2ccccc21. The maximum atomic E-state index is 6.12. The Kier molecular flexibility index (Phi) is 2.38. The minimum absolute atomic E-state index is 0.0937. The van der Waals surface area contributed by atoms with E-state index in [1.54, 1.807) is 0 Å². The molecule has 1 aliphatic rings. The van der Waals surface area contributed by atoms with Crippen LogP contribution >= 0.6 is 0 Å². The third kappa shape index (κ3) is 1.41. The molecule has 0 radical (unpaired) electrons. The Morgan fingerprint density at radius 2 is 1.93 bits per heavy atom. The summed E-state index contributed by atoms with van der Waals surface area (Å²) in [6.07, 6.45) is 1.04. The number of fused-ring (bicyclic) bond motifs is 1. The number of hydrogen-bond acceptors (Lipinski definition) is 1. The molecule has 15 heavy (non-hydrogen) atoms. The quantitative estimate of drug-likeness (QED) is 0.674. The van der Waals surface area contributed by atoms with Crippen molar-refractivity contribution in [2.24, 2.45) is 5.41 Å². The van der Waals surface area contributed by atoms with E-state index >= 15 is 0 Å². The second-order valence-corrected chi connectivity index (χ2v) is 5.38. The number of benzene rings is 1. The first-order valence-corrected chi connectivity index (χ1v) is 5.73. The monoisotopic (exact) mass is 204 g/mol. The molecule has 0 saturated carbocycles. The van der Waals surface area contributed by atoms with Gasteiger partial charge in [0.1, 0.15) is 0 Å². The minimum atomic E-state index is -0.0937. The molecule has 1 unspecified atom stereocenters. The Labute approximate surface area is 92.5 Å². The van der Waals surface area contributed by atoms with Crippen LogP contribution in [0.4, 0.5) is 0 Å². The molecule has 1 nitrogen and oxygen atoms in total. The van der Waals surface area contributed by atoms with E-state index < -0.39 is 0 Å². The lowest BCUT2D eigenvalue weighted by molar-refractivity contribution is -0.116. The van der Waals surface area contributed by atoms with Crippen molar-refractivity contribution in [1.29, 1.82) is 0 Å². The fraction of sp³-hybridized carbons (Fsp3) is 0.571. The van der Waals surface area contributed by atoms with Crippen LogP contribution in [0, 0.1) is 5.41 Å². The van der Waals surface area contributed by atoms with Gasteiger partial charge in [0.15, 0.2) is 0 Å². The lowest BCUT2D eigenvalue weighted by Gasteiger charge is -2.41. The molecule has 1 heteroatoms. The highest BCUT2D eigenvalue weighted by molar-refractivity contribution is 5.36. The van der Waals surface area contributed by atoms with Crippen LogP contribution in [0.3, 0.4) is 0 Å². The molecule has 0 aliphatic carbocycles. The van der Waals surface area contributed by atoms with Gasteiger partial charge in [0.25, 0.3) is 0 Å². The lowest BCUT2D eigenvalue weighted by Crippen LogP contribution is -2.39. The van der Waals surface area contributed by atoms with Crippen LogP contribution in [0.2, 0.25) is 0 Å². The van der Waals surface area contributed by atoms with E-state index in [1.807, 2.05) is 0 Å². The highest BCUT2D eigenvalue weighted by atomic mass is 16.5. The summed E-state index contributed by atoms with van der Waals surface area (Å²) in [6, 6.07) is 8.61. The van der Waals surface area contributed by atoms with Gasteiger partial charge in [-0.05, 0) is 23.0 Å². The maximum absolute atomic E-state index is 6.12. The van der Waals surface area contributed by atoms with Gasteiger partial charge in [-0.15, -0.1) is 0 Å². The minimum Gasteiger partial charge on any atom is -0.365 e. The summed E-state index contributed by atoms with van der Waals surface area (Å²) in [7, 11) is 0. The lowest BCUT2D eigenvalue weighted by atomic mass is 9.70. The van der Waals surface area contributed by atoms with Crippen LogP contribution in [0.15, 0.2) is 24.3 Å². The summed E-state index contributed by atoms with van der Waals surface area (Å²) in [4.78, 5) is 0. The molecule has 1 atom stereocenters. The number of ether oxygens (including phenoxy) is 1. The molecular weight excluding hydrogens is 184 g/mol. The van der Waals surface area contributed by atoms with Gasteiger partial charge >= 0.3 is 0 Å². The van der Waals surface area contributed by atoms with E-state index in [1.165, 1.54) is 11.1 Å². The van der Waals surface area contributed by atoms with Crippen molar-refractivity contribution in [2.75, 3.05) is 0 Å². The van der Waals surface area contributed by atoms with Crippen molar-refractivity contribution in [2.45, 2.75) is 46.3 Å². The Morgan fingerprint density at radius 3 is 2.53 bits per heavy atom. The molecule has 1 heterocycles. The molecule has 0 amide bonds. The smallest absolute Gasteiger partial charge is 0.0984 e. The topological polar surface area (TPSA) is 9.23 Å². The summed E-state index contributed by atoms with van der Waals surface area (Å²) < 4.78 is 6.12. The van der Waals surface area contributed by atoms with Crippen molar-refractivity contribution >= 4 is 0 Å². The normalized spacial score (nSPS) is 25.3. The van der Waals surface area contributed by atoms with Crippen LogP contribution in [-0.2, 0) is 16.9 Å². The first-order chi connectivity index (χ1) is 7.01. The maximum Gasteiger partial charge on any atom is 0.0984 e. The van der Waals surface area contributed by atoms with Crippen molar-refractivity contribution in [3.63, 3.8) is 0 Å². The van der Waals surface area contributed by atoms with Crippen molar-refractivity contribution in [1.82, 2.24) is 0 Å². The summed E-state index contributed by atoms with van der Waals surface area (Å²) in [5, 5.41) is 0. The fourth-order valence-corrected chi connectivity index (χ4v) is 2.76. The van der Waals surface area contributed by atoms with E-state index in [9.17, 15) is 0 Å². The Morgan fingerprint density at radius 1 is 1.27 bits per heavy atom. The predicted octanol–water partition coefficient (Wildman–Crippen LogP) is 3.87. The first-order valence-electron chi connectivity index (χ1n) is 5.73. The van der Waals surface area contributed by atoms with E-state index in [4.69, 9.17) is 4.74 Å². The summed E-state index contributed by atoms with van der Waals surface area (Å²) in [5.74, 6) is 0. The van der Waals surface area contributed by atoms with E-state index in [-0.39, 0.29) is 11.0 Å². The number of rotatable bonds is 1. The highest BCUT2D eigenvalue weighted by Gasteiger charge is 2.47. The van der Waals surface area contributed by atoms with Crippen molar-refractivity contribution < 1.29 is 4.74 Å². The fourth-order valence-electron chi connectivity index (χ4n) is 2.76. The van der Waals surface area contributed by atoms with E-state index in [0.29, 0.717) is 0 Å². The molecule has 0 saturated heterocycles. The zero-order valence-electron chi connectivity index (χ0n) is 10.1. The molecule has 1 aromatic carbocycles. The average molecular weight is 204 g/mol. The molecule has 82 valence electrons. The molecule has 1 aliphatic heterocycles. The molecule has 0 N–H and O–H groups in total. The third-order valence-corrected chi connectivity index (χ3v) is 3.64. The zero-order chi connectivity index (χ0) is 11.1. The molecule has 0 spiro atoms. The van der Waals surface area contributed by atoms with Gasteiger partial charge in [-0.3, -0.25) is 0 Å². The van der Waals surface area contributed by atoms with E-state index in [2.05, 4.69) is 52.0 Å². The van der Waals surface area contributed by atoms with Crippen LogP contribution in [-0.4, -0.2) is 0 Å². The van der Waals surface area contributed by atoms with Crippen molar-refractivity contribution in [3.05, 3.63) is 35.4 Å². The van der Waals surface area contributed by atoms with Crippen LogP contribution in [0.5, 0.6) is 0 Å². The average Bonchev–Trinajstić information content (AvgIpc) is 2.56. The molecular formula is C14H20O. The van der Waals surface area contributed by atoms with Crippen LogP contribution in [0.25, 0.3) is 0 Å². The molecule has 2 rings (SSSR count). The molecule has 0 fully saturated rings. The number of hydrogen-bond donors (Lipinski definition) is 0. The Hall–Kier alpha value is -0.820. The first kappa shape index (κ1) is 10.7. The summed E-state index contributed by atoms with van der Waals surface area (Å²) in [6.45, 7) is 9.77. The van der Waals surface area contributed by atoms with Gasteiger partial charge in [-0.1, -0.05) is 52.0 Å². The highest BCUT2D eigenvalue weighted by Crippen LogP contribution is 2.50. The van der Waals surface area contributed by atoms with Gasteiger partial charge < -0.3 is 4.74 Å². The standard InChI is InChI=1S/C14H20O/c1-5-14(13(2,3)4)12-9-7-6-8-11(12)10-15-14/h6-9H,5,10H2,1-4H3. The van der Waals surface area contributed by atoms with Gasteiger partial charge in [0, 0.05) is 0 Å². The Bertz CT molecular complexity index is 362. The molecule has 0 aromatic heterocycles. The van der Waals surface area contributed by atoms with E-state index in [0.717, 1.165) is 13.0 Å². The summed E-state index contributed by atoms with van der Waals surface area (Å²) >= 11 is 0. The molecule has 1 aromatic rings. The second kappa shape index (κ2) is 3.34. The van der Waals surface area contributed by atoms with Crippen LogP contribution < -0.4 is 0 Å². The largest absolute Gasteiger partial charge is 0.365 e. The van der Waals surface area contributed by atoms with Gasteiger partial charge in [0.05, 0.1) is 12.2 Å². The summed E-state index contributed by atoms with van der Waals surface area (Å²) in [5.41, 5.74) is 2.80. The Balaban J connectivity index is 2.56. The zero-order valence-corrected chi connectivity index (χ0v) is 10.1.